The summed E-state index contributed by atoms with van der Waals surface area (Å²) >= 11 is 0. The minimum absolute atomic E-state index is 0.113. The zero-order valence-corrected chi connectivity index (χ0v) is 12.0. The van der Waals surface area contributed by atoms with E-state index in [2.05, 4.69) is 5.32 Å². The van der Waals surface area contributed by atoms with Crippen molar-refractivity contribution in [3.05, 3.63) is 24.3 Å². The number of benzene rings is 1. The monoisotopic (exact) mass is 309 g/mol. The van der Waals surface area contributed by atoms with Gasteiger partial charge in [-0.15, -0.1) is 0 Å². The van der Waals surface area contributed by atoms with Gasteiger partial charge in [-0.3, -0.25) is 4.79 Å². The van der Waals surface area contributed by atoms with Gasteiger partial charge in [0.15, 0.2) is 0 Å². The highest BCUT2D eigenvalue weighted by Gasteiger charge is 2.41. The van der Waals surface area contributed by atoms with Gasteiger partial charge in [0.25, 0.3) is 10.0 Å². The maximum atomic E-state index is 12.6. The Morgan fingerprint density at radius 2 is 1.86 bits per heavy atom. The Morgan fingerprint density at radius 1 is 1.19 bits per heavy atom. The van der Waals surface area contributed by atoms with Crippen LogP contribution in [0.5, 0.6) is 0 Å². The van der Waals surface area contributed by atoms with E-state index in [1.165, 1.54) is 6.07 Å². The van der Waals surface area contributed by atoms with Crippen LogP contribution in [-0.4, -0.2) is 49.2 Å². The number of piperidine rings is 1. The van der Waals surface area contributed by atoms with E-state index >= 15 is 0 Å². The number of sulfonamides is 1. The molecule has 1 aromatic rings. The maximum Gasteiger partial charge on any atom is 0.336 e. The molecule has 7 nitrogen and oxygen atoms in total. The third-order valence-corrected chi connectivity index (χ3v) is 5.74. The SMILES string of the molecule is O=CN1CCC(N2C(=O)Nc3ccccc3S2(=O)=O)CC1. The van der Waals surface area contributed by atoms with Crippen molar-refractivity contribution in [1.29, 1.82) is 0 Å². The van der Waals surface area contributed by atoms with E-state index in [0.29, 0.717) is 31.6 Å². The van der Waals surface area contributed by atoms with Crippen molar-refractivity contribution in [2.45, 2.75) is 23.8 Å². The lowest BCUT2D eigenvalue weighted by atomic mass is 10.1. The zero-order chi connectivity index (χ0) is 15.0. The molecule has 0 aliphatic carbocycles. The number of fused-ring (bicyclic) bond motifs is 1. The molecule has 2 heterocycles. The smallest absolute Gasteiger partial charge is 0.336 e. The van der Waals surface area contributed by atoms with Gasteiger partial charge in [0.05, 0.1) is 11.7 Å². The van der Waals surface area contributed by atoms with E-state index in [9.17, 15) is 18.0 Å². The number of carbonyl (C=O) groups excluding carboxylic acids is 2. The van der Waals surface area contributed by atoms with Crippen LogP contribution in [0.15, 0.2) is 29.2 Å². The highest BCUT2D eigenvalue weighted by molar-refractivity contribution is 7.90. The van der Waals surface area contributed by atoms with Gasteiger partial charge in [0.2, 0.25) is 6.41 Å². The largest absolute Gasteiger partial charge is 0.345 e. The van der Waals surface area contributed by atoms with Crippen LogP contribution in [0.25, 0.3) is 0 Å². The fraction of sp³-hybridized carbons (Fsp3) is 0.385. The fourth-order valence-corrected chi connectivity index (χ4v) is 4.49. The summed E-state index contributed by atoms with van der Waals surface area (Å²) in [5.74, 6) is 0. The second-order valence-corrected chi connectivity index (χ2v) is 6.88. The number of urea groups is 1. The molecule has 21 heavy (non-hydrogen) atoms. The van der Waals surface area contributed by atoms with Crippen molar-refractivity contribution < 1.29 is 18.0 Å². The first-order chi connectivity index (χ1) is 10.0. The predicted octanol–water partition coefficient (Wildman–Crippen LogP) is 0.844. The average molecular weight is 309 g/mol. The summed E-state index contributed by atoms with van der Waals surface area (Å²) < 4.78 is 26.2. The normalized spacial score (nSPS) is 21.6. The van der Waals surface area contributed by atoms with E-state index in [1.54, 1.807) is 23.1 Å². The lowest BCUT2D eigenvalue weighted by Crippen LogP contribution is -2.53. The number of hydrogen-bond acceptors (Lipinski definition) is 4. The van der Waals surface area contributed by atoms with Crippen LogP contribution >= 0.6 is 0 Å². The Bertz CT molecular complexity index is 680. The summed E-state index contributed by atoms with van der Waals surface area (Å²) in [6.07, 6.45) is 1.65. The van der Waals surface area contributed by atoms with Crippen LogP contribution in [0.2, 0.25) is 0 Å². The Labute approximate surface area is 122 Å². The topological polar surface area (TPSA) is 86.8 Å². The van der Waals surface area contributed by atoms with E-state index in [4.69, 9.17) is 0 Å². The zero-order valence-electron chi connectivity index (χ0n) is 11.2. The number of rotatable bonds is 2. The third kappa shape index (κ3) is 2.25. The number of hydrogen-bond donors (Lipinski definition) is 1. The molecule has 3 rings (SSSR count). The number of nitrogens with one attached hydrogen (secondary N) is 1. The molecular weight excluding hydrogens is 294 g/mol. The fourth-order valence-electron chi connectivity index (χ4n) is 2.77. The molecule has 1 fully saturated rings. The van der Waals surface area contributed by atoms with Crippen molar-refractivity contribution in [1.82, 2.24) is 9.21 Å². The van der Waals surface area contributed by atoms with Gasteiger partial charge in [-0.05, 0) is 25.0 Å². The second-order valence-electron chi connectivity index (χ2n) is 5.10. The van der Waals surface area contributed by atoms with Crippen LogP contribution in [0.3, 0.4) is 0 Å². The van der Waals surface area contributed by atoms with Gasteiger partial charge >= 0.3 is 6.03 Å². The van der Waals surface area contributed by atoms with Crippen molar-refractivity contribution in [3.8, 4) is 0 Å². The Kier molecular flexibility index (Phi) is 3.32. The molecule has 1 N–H and O–H groups in total. The number of para-hydroxylation sites is 1. The van der Waals surface area contributed by atoms with E-state index < -0.39 is 22.1 Å². The summed E-state index contributed by atoms with van der Waals surface area (Å²) in [6.45, 7) is 0.907. The molecule has 112 valence electrons. The van der Waals surface area contributed by atoms with Crippen molar-refractivity contribution in [3.63, 3.8) is 0 Å². The first-order valence-corrected chi connectivity index (χ1v) is 8.12. The number of amides is 3. The number of likely N-dealkylation sites (tertiary alicyclic amines) is 1. The number of anilines is 1. The van der Waals surface area contributed by atoms with E-state index in [1.807, 2.05) is 0 Å². The quantitative estimate of drug-likeness (QED) is 0.820. The molecule has 8 heteroatoms. The predicted molar refractivity (Wildman–Crippen MR) is 75.1 cm³/mol. The van der Waals surface area contributed by atoms with Crippen LogP contribution in [0.1, 0.15) is 12.8 Å². The van der Waals surface area contributed by atoms with Crippen LogP contribution in [0.4, 0.5) is 10.5 Å². The standard InChI is InChI=1S/C13H15N3O4S/c17-9-15-7-5-10(6-8-15)16-13(18)14-11-3-1-2-4-12(11)21(16,19)20/h1-4,9-10H,5-8H2,(H,14,18). The van der Waals surface area contributed by atoms with Gasteiger partial charge < -0.3 is 10.2 Å². The Hall–Kier alpha value is -2.09. The second kappa shape index (κ2) is 5.03. The maximum absolute atomic E-state index is 12.6. The molecule has 0 saturated carbocycles. The van der Waals surface area contributed by atoms with Crippen LogP contribution < -0.4 is 5.32 Å². The van der Waals surface area contributed by atoms with Crippen LogP contribution in [0, 0.1) is 0 Å². The van der Waals surface area contributed by atoms with Gasteiger partial charge in [0, 0.05) is 13.1 Å². The van der Waals surface area contributed by atoms with Gasteiger partial charge in [0.1, 0.15) is 4.90 Å². The van der Waals surface area contributed by atoms with Gasteiger partial charge in [-0.25, -0.2) is 17.5 Å². The van der Waals surface area contributed by atoms with E-state index in [0.717, 1.165) is 10.7 Å². The Morgan fingerprint density at radius 3 is 2.52 bits per heavy atom. The molecule has 1 saturated heterocycles. The molecule has 0 bridgehead atoms. The average Bonchev–Trinajstić information content (AvgIpc) is 2.47. The van der Waals surface area contributed by atoms with Crippen molar-refractivity contribution >= 4 is 28.2 Å². The molecule has 0 aromatic heterocycles. The molecule has 0 spiro atoms. The Balaban J connectivity index is 1.93. The third-order valence-electron chi connectivity index (χ3n) is 3.85. The molecular formula is C13H15N3O4S. The summed E-state index contributed by atoms with van der Waals surface area (Å²) in [5, 5.41) is 2.61. The molecule has 0 atom stereocenters. The van der Waals surface area contributed by atoms with Gasteiger partial charge in [-0.2, -0.15) is 0 Å². The summed E-state index contributed by atoms with van der Waals surface area (Å²) in [5.41, 5.74) is 0.309. The molecule has 0 radical (unpaired) electrons. The lowest BCUT2D eigenvalue weighted by molar-refractivity contribution is -0.119. The number of nitrogens with zero attached hydrogens (tertiary/aromatic N) is 2. The minimum Gasteiger partial charge on any atom is -0.345 e. The molecule has 0 unspecified atom stereocenters. The first-order valence-electron chi connectivity index (χ1n) is 6.68. The number of carbonyl (C=O) groups is 2. The molecule has 1 aromatic carbocycles. The van der Waals surface area contributed by atoms with Crippen molar-refractivity contribution in [2.24, 2.45) is 0 Å². The minimum atomic E-state index is -3.84. The molecule has 3 amide bonds. The van der Waals surface area contributed by atoms with Crippen molar-refractivity contribution in [2.75, 3.05) is 18.4 Å². The highest BCUT2D eigenvalue weighted by Crippen LogP contribution is 2.33. The summed E-state index contributed by atoms with van der Waals surface area (Å²) in [6, 6.07) is 5.31. The lowest BCUT2D eigenvalue weighted by Gasteiger charge is -2.38. The van der Waals surface area contributed by atoms with E-state index in [-0.39, 0.29) is 4.90 Å². The summed E-state index contributed by atoms with van der Waals surface area (Å²) in [7, 11) is -3.84. The summed E-state index contributed by atoms with van der Waals surface area (Å²) in [4.78, 5) is 24.6. The first kappa shape index (κ1) is 13.9. The van der Waals surface area contributed by atoms with Crippen LogP contribution in [-0.2, 0) is 14.8 Å². The highest BCUT2D eigenvalue weighted by atomic mass is 32.2. The molecule has 2 aliphatic heterocycles. The molecule has 2 aliphatic rings. The van der Waals surface area contributed by atoms with Gasteiger partial charge in [-0.1, -0.05) is 12.1 Å².